The molecule has 0 saturated carbocycles. The van der Waals surface area contributed by atoms with E-state index in [0.717, 1.165) is 17.2 Å². The molecule has 0 aliphatic heterocycles. The largest absolute Gasteiger partial charge is 0.507 e. The number of para-hydroxylation sites is 1. The number of hydrogen-bond acceptors (Lipinski definition) is 8. The molecule has 202 valence electrons. The van der Waals surface area contributed by atoms with Crippen molar-refractivity contribution in [2.45, 2.75) is 25.9 Å². The number of phenolic OH excluding ortho intramolecular Hbond substituents is 1. The summed E-state index contributed by atoms with van der Waals surface area (Å²) in [5, 5.41) is 15.3. The SMILES string of the molecule is COC(C)(CNC(=O)c1ccccc1O)CC(=O)Nc1ccc(Oc2ccnc(-c3cnc(C)n3C)c2)cn1. The lowest BCUT2D eigenvalue weighted by Crippen LogP contribution is -2.44. The number of aryl methyl sites for hydroxylation is 1. The minimum absolute atomic E-state index is 0.0439. The second-order valence-corrected chi connectivity index (χ2v) is 9.19. The Hall–Kier alpha value is -4.77. The van der Waals surface area contributed by atoms with Gasteiger partial charge in [0.1, 0.15) is 28.9 Å². The van der Waals surface area contributed by atoms with E-state index in [1.54, 1.807) is 49.6 Å². The highest BCUT2D eigenvalue weighted by molar-refractivity contribution is 5.97. The van der Waals surface area contributed by atoms with E-state index < -0.39 is 11.5 Å². The van der Waals surface area contributed by atoms with E-state index in [1.807, 2.05) is 24.6 Å². The Bertz CT molecular complexity index is 1470. The fraction of sp³-hybridized carbons (Fsp3) is 0.250. The molecule has 1 aromatic carbocycles. The lowest BCUT2D eigenvalue weighted by Gasteiger charge is -2.27. The maximum Gasteiger partial charge on any atom is 0.255 e. The summed E-state index contributed by atoms with van der Waals surface area (Å²) in [6.45, 7) is 3.68. The first-order chi connectivity index (χ1) is 18.7. The molecule has 1 atom stereocenters. The number of phenols is 1. The molecule has 3 heterocycles. The minimum atomic E-state index is -0.987. The highest BCUT2D eigenvalue weighted by Crippen LogP contribution is 2.26. The number of aromatic nitrogens is 4. The van der Waals surface area contributed by atoms with E-state index in [1.165, 1.54) is 25.4 Å². The van der Waals surface area contributed by atoms with Gasteiger partial charge in [0.2, 0.25) is 5.91 Å². The molecule has 0 spiro atoms. The summed E-state index contributed by atoms with van der Waals surface area (Å²) in [4.78, 5) is 38.1. The van der Waals surface area contributed by atoms with E-state index in [4.69, 9.17) is 9.47 Å². The molecular formula is C28H30N6O5. The van der Waals surface area contributed by atoms with E-state index in [2.05, 4.69) is 25.6 Å². The number of methoxy groups -OCH3 is 1. The van der Waals surface area contributed by atoms with Crippen molar-refractivity contribution in [3.63, 3.8) is 0 Å². The Kier molecular flexibility index (Phi) is 8.21. The molecular weight excluding hydrogens is 500 g/mol. The molecule has 0 aliphatic rings. The number of aromatic hydroxyl groups is 1. The average molecular weight is 531 g/mol. The zero-order valence-electron chi connectivity index (χ0n) is 22.1. The predicted molar refractivity (Wildman–Crippen MR) is 145 cm³/mol. The van der Waals surface area contributed by atoms with Crippen LogP contribution >= 0.6 is 0 Å². The number of carbonyl (C=O) groups excluding carboxylic acids is 2. The first-order valence-electron chi connectivity index (χ1n) is 12.2. The van der Waals surface area contributed by atoms with Gasteiger partial charge in [0.15, 0.2) is 0 Å². The highest BCUT2D eigenvalue weighted by atomic mass is 16.5. The maximum absolute atomic E-state index is 12.7. The number of pyridine rings is 2. The fourth-order valence-electron chi connectivity index (χ4n) is 3.77. The lowest BCUT2D eigenvalue weighted by atomic mass is 10.0. The van der Waals surface area contributed by atoms with Crippen LogP contribution in [0.1, 0.15) is 29.5 Å². The van der Waals surface area contributed by atoms with Gasteiger partial charge in [0, 0.05) is 33.0 Å². The Morgan fingerprint density at radius 1 is 1.05 bits per heavy atom. The number of hydrogen-bond donors (Lipinski definition) is 3. The predicted octanol–water partition coefficient (Wildman–Crippen LogP) is 3.85. The molecule has 2 amide bonds. The van der Waals surface area contributed by atoms with Crippen molar-refractivity contribution in [3.05, 3.63) is 78.5 Å². The summed E-state index contributed by atoms with van der Waals surface area (Å²) in [7, 11) is 3.38. The number of rotatable bonds is 10. The Labute approximate surface area is 225 Å². The van der Waals surface area contributed by atoms with Crippen LogP contribution in [0.2, 0.25) is 0 Å². The molecule has 4 rings (SSSR count). The molecule has 11 nitrogen and oxygen atoms in total. The number of nitrogens with zero attached hydrogens (tertiary/aromatic N) is 4. The second kappa shape index (κ2) is 11.7. The summed E-state index contributed by atoms with van der Waals surface area (Å²) < 4.78 is 13.4. The molecule has 3 aromatic heterocycles. The molecule has 3 N–H and O–H groups in total. The van der Waals surface area contributed by atoms with Gasteiger partial charge < -0.3 is 29.8 Å². The van der Waals surface area contributed by atoms with Gasteiger partial charge in [0.05, 0.1) is 41.4 Å². The molecule has 1 unspecified atom stereocenters. The van der Waals surface area contributed by atoms with Gasteiger partial charge in [-0.1, -0.05) is 12.1 Å². The van der Waals surface area contributed by atoms with Crippen LogP contribution in [0, 0.1) is 6.92 Å². The van der Waals surface area contributed by atoms with Crippen LogP contribution in [-0.4, -0.2) is 55.7 Å². The van der Waals surface area contributed by atoms with Crippen molar-refractivity contribution in [1.82, 2.24) is 24.8 Å². The van der Waals surface area contributed by atoms with Gasteiger partial charge in [-0.3, -0.25) is 14.6 Å². The van der Waals surface area contributed by atoms with Crippen LogP contribution in [0.15, 0.2) is 67.1 Å². The van der Waals surface area contributed by atoms with Gasteiger partial charge in [-0.2, -0.15) is 0 Å². The highest BCUT2D eigenvalue weighted by Gasteiger charge is 2.28. The van der Waals surface area contributed by atoms with Crippen LogP contribution in [0.5, 0.6) is 17.2 Å². The number of benzene rings is 1. The van der Waals surface area contributed by atoms with Gasteiger partial charge in [0.25, 0.3) is 5.91 Å². The molecule has 0 radical (unpaired) electrons. The number of amides is 2. The molecule has 39 heavy (non-hydrogen) atoms. The summed E-state index contributed by atoms with van der Waals surface area (Å²) in [6.07, 6.45) is 4.88. The van der Waals surface area contributed by atoms with Gasteiger partial charge in [-0.25, -0.2) is 9.97 Å². The first kappa shape index (κ1) is 27.3. The summed E-state index contributed by atoms with van der Waals surface area (Å²) >= 11 is 0. The zero-order valence-corrected chi connectivity index (χ0v) is 22.1. The first-order valence-corrected chi connectivity index (χ1v) is 12.2. The van der Waals surface area contributed by atoms with E-state index in [-0.39, 0.29) is 30.2 Å². The average Bonchev–Trinajstić information content (AvgIpc) is 3.26. The van der Waals surface area contributed by atoms with Crippen LogP contribution in [0.3, 0.4) is 0 Å². The number of carbonyl (C=O) groups is 2. The van der Waals surface area contributed by atoms with Crippen LogP contribution in [0.25, 0.3) is 11.4 Å². The van der Waals surface area contributed by atoms with E-state index >= 15 is 0 Å². The zero-order chi connectivity index (χ0) is 28.0. The van der Waals surface area contributed by atoms with E-state index in [9.17, 15) is 14.7 Å². The second-order valence-electron chi connectivity index (χ2n) is 9.19. The van der Waals surface area contributed by atoms with Gasteiger partial charge in [-0.05, 0) is 44.2 Å². The van der Waals surface area contributed by atoms with Crippen molar-refractivity contribution in [2.75, 3.05) is 19.0 Å². The number of ether oxygens (including phenoxy) is 2. The lowest BCUT2D eigenvalue weighted by molar-refractivity contribution is -0.121. The standard InChI is InChI=1S/C28H30N6O5/c1-18-30-16-23(34(18)3)22-13-19(11-12-29-22)39-20-9-10-25(31-15-20)33-26(36)14-28(2,38-4)17-32-27(37)21-7-5-6-8-24(21)35/h5-13,15-16,35H,14,17H2,1-4H3,(H,32,37)(H,31,33,36). The smallest absolute Gasteiger partial charge is 0.255 e. The Morgan fingerprint density at radius 2 is 1.85 bits per heavy atom. The molecule has 0 saturated heterocycles. The molecule has 11 heteroatoms. The van der Waals surface area contributed by atoms with Crippen LogP contribution in [0.4, 0.5) is 5.82 Å². The number of anilines is 1. The maximum atomic E-state index is 12.7. The Balaban J connectivity index is 1.33. The third kappa shape index (κ3) is 6.76. The summed E-state index contributed by atoms with van der Waals surface area (Å²) in [5.41, 5.74) is 0.751. The molecule has 0 bridgehead atoms. The van der Waals surface area contributed by atoms with Gasteiger partial charge in [-0.15, -0.1) is 0 Å². The van der Waals surface area contributed by atoms with Crippen molar-refractivity contribution >= 4 is 17.6 Å². The van der Waals surface area contributed by atoms with E-state index in [0.29, 0.717) is 17.3 Å². The third-order valence-electron chi connectivity index (χ3n) is 6.25. The normalized spacial score (nSPS) is 12.4. The topological polar surface area (TPSA) is 140 Å². The van der Waals surface area contributed by atoms with Crippen LogP contribution in [-0.2, 0) is 16.6 Å². The fourth-order valence-corrected chi connectivity index (χ4v) is 3.77. The number of imidazole rings is 1. The van der Waals surface area contributed by atoms with Crippen molar-refractivity contribution in [1.29, 1.82) is 0 Å². The minimum Gasteiger partial charge on any atom is -0.507 e. The van der Waals surface area contributed by atoms with Crippen molar-refractivity contribution in [2.24, 2.45) is 7.05 Å². The third-order valence-corrected chi connectivity index (χ3v) is 6.25. The molecule has 4 aromatic rings. The van der Waals surface area contributed by atoms with Crippen molar-refractivity contribution in [3.8, 4) is 28.6 Å². The molecule has 0 aliphatic carbocycles. The quantitative estimate of drug-likeness (QED) is 0.281. The van der Waals surface area contributed by atoms with Crippen LogP contribution < -0.4 is 15.4 Å². The Morgan fingerprint density at radius 3 is 2.51 bits per heavy atom. The van der Waals surface area contributed by atoms with Gasteiger partial charge >= 0.3 is 0 Å². The number of nitrogens with one attached hydrogen (secondary N) is 2. The summed E-state index contributed by atoms with van der Waals surface area (Å²) in [6, 6.07) is 13.1. The summed E-state index contributed by atoms with van der Waals surface area (Å²) in [5.74, 6) is 1.35. The monoisotopic (exact) mass is 530 g/mol. The van der Waals surface area contributed by atoms with Crippen molar-refractivity contribution < 1.29 is 24.2 Å². The molecule has 0 fully saturated rings.